The van der Waals surface area contributed by atoms with E-state index in [0.29, 0.717) is 6.04 Å². The number of nitrogens with one attached hydrogen (secondary N) is 3. The summed E-state index contributed by atoms with van der Waals surface area (Å²) in [5.41, 5.74) is 1.19. The van der Waals surface area contributed by atoms with Crippen LogP contribution < -0.4 is 16.0 Å². The van der Waals surface area contributed by atoms with Crippen molar-refractivity contribution in [1.82, 2.24) is 20.9 Å². The first-order valence-corrected chi connectivity index (χ1v) is 10.8. The second-order valence-electron chi connectivity index (χ2n) is 8.98. The van der Waals surface area contributed by atoms with Crippen LogP contribution in [0.5, 0.6) is 0 Å². The summed E-state index contributed by atoms with van der Waals surface area (Å²) in [6.45, 7) is 12.9. The van der Waals surface area contributed by atoms with Gasteiger partial charge in [-0.05, 0) is 39.2 Å². The van der Waals surface area contributed by atoms with Gasteiger partial charge in [-0.3, -0.25) is 9.79 Å². The number of carbonyl (C=O) groups excluding carboxylic acids is 1. The minimum Gasteiger partial charge on any atom is -0.355 e. The molecular weight excluding hydrogens is 362 g/mol. The average Bonchev–Trinajstić information content (AvgIpc) is 2.71. The monoisotopic (exact) mass is 401 g/mol. The largest absolute Gasteiger partial charge is 0.355 e. The number of guanidine groups is 1. The summed E-state index contributed by atoms with van der Waals surface area (Å²) in [5.74, 6) is 1.15. The summed E-state index contributed by atoms with van der Waals surface area (Å²) in [6, 6.07) is 11.1. The highest BCUT2D eigenvalue weighted by molar-refractivity contribution is 5.80. The van der Waals surface area contributed by atoms with E-state index in [2.05, 4.69) is 66.0 Å². The van der Waals surface area contributed by atoms with Crippen molar-refractivity contribution < 1.29 is 4.79 Å². The van der Waals surface area contributed by atoms with E-state index in [9.17, 15) is 4.79 Å². The lowest BCUT2D eigenvalue weighted by Gasteiger charge is -2.35. The molecule has 0 aromatic heterocycles. The van der Waals surface area contributed by atoms with E-state index in [-0.39, 0.29) is 23.4 Å². The third-order valence-corrected chi connectivity index (χ3v) is 5.47. The highest BCUT2D eigenvalue weighted by atomic mass is 16.2. The topological polar surface area (TPSA) is 68.8 Å². The summed E-state index contributed by atoms with van der Waals surface area (Å²) in [5, 5.41) is 10.7. The normalized spacial score (nSPS) is 17.3. The molecular formula is C23H39N5O. The van der Waals surface area contributed by atoms with E-state index < -0.39 is 0 Å². The minimum absolute atomic E-state index is 0.0713. The lowest BCUT2D eigenvalue weighted by Crippen LogP contribution is -2.55. The molecule has 1 fully saturated rings. The van der Waals surface area contributed by atoms with Gasteiger partial charge in [0, 0.05) is 50.2 Å². The molecule has 1 aliphatic rings. The van der Waals surface area contributed by atoms with Gasteiger partial charge in [-0.2, -0.15) is 0 Å². The van der Waals surface area contributed by atoms with Gasteiger partial charge in [0.05, 0.1) is 0 Å². The van der Waals surface area contributed by atoms with Crippen LogP contribution in [0.25, 0.3) is 0 Å². The Morgan fingerprint density at radius 1 is 1.17 bits per heavy atom. The van der Waals surface area contributed by atoms with Gasteiger partial charge in [0.25, 0.3) is 0 Å². The third-order valence-electron chi connectivity index (χ3n) is 5.47. The van der Waals surface area contributed by atoms with Crippen molar-refractivity contribution in [2.75, 3.05) is 26.7 Å². The molecule has 2 rings (SSSR count). The molecule has 29 heavy (non-hydrogen) atoms. The Labute approximate surface area is 176 Å². The van der Waals surface area contributed by atoms with E-state index >= 15 is 0 Å². The maximum absolute atomic E-state index is 12.1. The fourth-order valence-corrected chi connectivity index (χ4v) is 3.76. The Morgan fingerprint density at radius 3 is 2.34 bits per heavy atom. The molecule has 1 heterocycles. The zero-order valence-corrected chi connectivity index (χ0v) is 19.0. The number of amides is 1. The fraction of sp³-hybridized carbons (Fsp3) is 0.652. The van der Waals surface area contributed by atoms with Crippen LogP contribution in [0.3, 0.4) is 0 Å². The number of hydrogen-bond donors (Lipinski definition) is 3. The summed E-state index contributed by atoms with van der Waals surface area (Å²) < 4.78 is 0. The third kappa shape index (κ3) is 7.35. The molecule has 0 aliphatic carbocycles. The number of piperidine rings is 1. The Hall–Kier alpha value is -2.08. The van der Waals surface area contributed by atoms with Gasteiger partial charge in [0.2, 0.25) is 5.91 Å². The van der Waals surface area contributed by atoms with E-state index in [1.54, 1.807) is 7.05 Å². The first-order valence-electron chi connectivity index (χ1n) is 10.8. The predicted octanol–water partition coefficient (Wildman–Crippen LogP) is 2.93. The second kappa shape index (κ2) is 10.6. The summed E-state index contributed by atoms with van der Waals surface area (Å²) >= 11 is 0. The predicted molar refractivity (Wildman–Crippen MR) is 121 cm³/mol. The number of benzene rings is 1. The molecule has 1 amide bonds. The molecule has 1 aromatic rings. The van der Waals surface area contributed by atoms with Gasteiger partial charge in [-0.15, -0.1) is 0 Å². The highest BCUT2D eigenvalue weighted by Gasteiger charge is 2.25. The van der Waals surface area contributed by atoms with Crippen LogP contribution in [-0.4, -0.2) is 55.0 Å². The smallest absolute Gasteiger partial charge is 0.225 e. The van der Waals surface area contributed by atoms with Crippen LogP contribution in [0.1, 0.15) is 59.1 Å². The van der Waals surface area contributed by atoms with Crippen LogP contribution >= 0.6 is 0 Å². The molecule has 0 bridgehead atoms. The maximum Gasteiger partial charge on any atom is 0.225 e. The Morgan fingerprint density at radius 2 is 1.79 bits per heavy atom. The SMILES string of the molecule is CN=C(NCC(C)(C)NC(C)c1ccccc1)NC1CCN(C(=O)C(C)C)CC1. The Bertz CT molecular complexity index is 663. The van der Waals surface area contributed by atoms with Gasteiger partial charge < -0.3 is 20.9 Å². The van der Waals surface area contributed by atoms with Crippen LogP contribution in [0.4, 0.5) is 0 Å². The van der Waals surface area contributed by atoms with Crippen molar-refractivity contribution in [3.63, 3.8) is 0 Å². The maximum atomic E-state index is 12.1. The summed E-state index contributed by atoms with van der Waals surface area (Å²) in [7, 11) is 1.81. The summed E-state index contributed by atoms with van der Waals surface area (Å²) in [4.78, 5) is 18.5. The number of nitrogens with zero attached hydrogens (tertiary/aromatic N) is 2. The van der Waals surface area contributed by atoms with E-state index in [1.807, 2.05) is 24.8 Å². The Balaban J connectivity index is 1.79. The lowest BCUT2D eigenvalue weighted by atomic mass is 10.0. The van der Waals surface area contributed by atoms with E-state index in [1.165, 1.54) is 5.56 Å². The fourth-order valence-electron chi connectivity index (χ4n) is 3.76. The van der Waals surface area contributed by atoms with Crippen LogP contribution in [0.15, 0.2) is 35.3 Å². The molecule has 1 aliphatic heterocycles. The molecule has 1 unspecified atom stereocenters. The molecule has 6 heteroatoms. The molecule has 1 saturated heterocycles. The average molecular weight is 402 g/mol. The van der Waals surface area contributed by atoms with Crippen molar-refractivity contribution in [2.24, 2.45) is 10.9 Å². The quantitative estimate of drug-likeness (QED) is 0.485. The lowest BCUT2D eigenvalue weighted by molar-refractivity contribution is -0.135. The standard InChI is InChI=1S/C23H39N5O/c1-17(2)21(29)28-14-12-20(13-15-28)26-22(24-6)25-16-23(4,5)27-18(3)19-10-8-7-9-11-19/h7-11,17-18,20,27H,12-16H2,1-6H3,(H2,24,25,26). The van der Waals surface area contributed by atoms with E-state index in [4.69, 9.17) is 0 Å². The molecule has 0 spiro atoms. The molecule has 0 radical (unpaired) electrons. The Kier molecular flexibility index (Phi) is 8.50. The second-order valence-corrected chi connectivity index (χ2v) is 8.98. The molecule has 1 aromatic carbocycles. The number of aliphatic imine (C=N–C) groups is 1. The van der Waals surface area contributed by atoms with Crippen molar-refractivity contribution in [1.29, 1.82) is 0 Å². The first-order chi connectivity index (χ1) is 13.7. The molecule has 0 saturated carbocycles. The summed E-state index contributed by atoms with van der Waals surface area (Å²) in [6.07, 6.45) is 1.90. The van der Waals surface area contributed by atoms with Crippen LogP contribution in [-0.2, 0) is 4.79 Å². The highest BCUT2D eigenvalue weighted by Crippen LogP contribution is 2.16. The molecule has 3 N–H and O–H groups in total. The number of rotatable bonds is 7. The number of carbonyl (C=O) groups is 1. The zero-order chi connectivity index (χ0) is 21.4. The van der Waals surface area contributed by atoms with Crippen molar-refractivity contribution in [2.45, 2.75) is 65.1 Å². The zero-order valence-electron chi connectivity index (χ0n) is 19.0. The first kappa shape index (κ1) is 23.2. The van der Waals surface area contributed by atoms with Gasteiger partial charge in [0.15, 0.2) is 5.96 Å². The molecule has 6 nitrogen and oxygen atoms in total. The van der Waals surface area contributed by atoms with Gasteiger partial charge in [0.1, 0.15) is 0 Å². The number of likely N-dealkylation sites (tertiary alicyclic amines) is 1. The van der Waals surface area contributed by atoms with Gasteiger partial charge in [-0.1, -0.05) is 44.2 Å². The van der Waals surface area contributed by atoms with Gasteiger partial charge >= 0.3 is 0 Å². The van der Waals surface area contributed by atoms with Crippen molar-refractivity contribution in [3.8, 4) is 0 Å². The van der Waals surface area contributed by atoms with Gasteiger partial charge in [-0.25, -0.2) is 0 Å². The van der Waals surface area contributed by atoms with Crippen molar-refractivity contribution >= 4 is 11.9 Å². The van der Waals surface area contributed by atoms with Crippen LogP contribution in [0, 0.1) is 5.92 Å². The molecule has 162 valence electrons. The van der Waals surface area contributed by atoms with Crippen LogP contribution in [0.2, 0.25) is 0 Å². The minimum atomic E-state index is -0.0973. The van der Waals surface area contributed by atoms with Crippen molar-refractivity contribution in [3.05, 3.63) is 35.9 Å². The number of hydrogen-bond acceptors (Lipinski definition) is 3. The van der Waals surface area contributed by atoms with E-state index in [0.717, 1.165) is 38.4 Å². The molecule has 1 atom stereocenters.